The molecule has 33 nitrogen and oxygen atoms in total. The molecule has 2 aliphatic rings. The normalized spacial score (nSPS) is 10.8. The number of rotatable bonds is 22. The average molecular weight is 1670 g/mol. The highest BCUT2D eigenvalue weighted by atomic mass is 127. The van der Waals surface area contributed by atoms with Crippen molar-refractivity contribution in [2.75, 3.05) is 59.1 Å². The molecule has 10 rings (SSSR count). The number of nitrogens with zero attached hydrogens (tertiary/aromatic N) is 4. The Balaban J connectivity index is 0.000000259. The van der Waals surface area contributed by atoms with Crippen molar-refractivity contribution < 1.29 is 63.1 Å². The number of carbonyl (C=O) groups is 7. The summed E-state index contributed by atoms with van der Waals surface area (Å²) in [6, 6.07) is 32.3. The predicted octanol–water partition coefficient (Wildman–Crippen LogP) is 2.73. The molecule has 0 saturated heterocycles. The highest BCUT2D eigenvalue weighted by Gasteiger charge is 2.31. The molecule has 4 heterocycles. The van der Waals surface area contributed by atoms with E-state index in [2.05, 4.69) is 85.4 Å². The second-order valence-electron chi connectivity index (χ2n) is 21.5. The minimum atomic E-state index is -1.27. The first kappa shape index (κ1) is 83.4. The first-order valence-electron chi connectivity index (χ1n) is 30.8. The largest absolute Gasteiger partial charge is 0.480 e. The molecular formula is C70H70I2N12O21. The molecule has 0 atom stereocenters. The van der Waals surface area contributed by atoms with Crippen LogP contribution in [0.15, 0.2) is 173 Å². The van der Waals surface area contributed by atoms with Gasteiger partial charge in [-0.2, -0.15) is 0 Å². The number of hydrogen-bond acceptors (Lipinski definition) is 19. The molecule has 11 N–H and O–H groups in total. The average Bonchev–Trinajstić information content (AvgIpc) is 1.62. The zero-order chi connectivity index (χ0) is 76.0. The van der Waals surface area contributed by atoms with Gasteiger partial charge in [0.15, 0.2) is 0 Å². The van der Waals surface area contributed by atoms with Gasteiger partial charge in [0.25, 0.3) is 22.2 Å². The molecule has 4 aromatic carbocycles. The number of amides is 3. The van der Waals surface area contributed by atoms with Gasteiger partial charge in [-0.15, -0.1) is 11.8 Å². The summed E-state index contributed by atoms with van der Waals surface area (Å²) in [5.41, 5.74) is 4.19. The summed E-state index contributed by atoms with van der Waals surface area (Å²) in [7, 11) is 0. The van der Waals surface area contributed by atoms with Crippen molar-refractivity contribution in [1.29, 1.82) is 0 Å². The van der Waals surface area contributed by atoms with Crippen molar-refractivity contribution in [2.45, 2.75) is 52.7 Å². The molecule has 0 unspecified atom stereocenters. The van der Waals surface area contributed by atoms with Gasteiger partial charge in [-0.1, -0.05) is 129 Å². The van der Waals surface area contributed by atoms with Crippen molar-refractivity contribution in [3.05, 3.63) is 258 Å². The fraction of sp³-hybridized carbons (Fsp3) is 0.243. The first-order chi connectivity index (χ1) is 49.7. The summed E-state index contributed by atoms with van der Waals surface area (Å²) >= 11 is 3.54. The maximum atomic E-state index is 12.8. The molecule has 0 radical (unpaired) electrons. The molecule has 0 spiro atoms. The van der Waals surface area contributed by atoms with E-state index in [9.17, 15) is 77.0 Å². The molecular weight excluding hydrogens is 1600 g/mol. The number of carboxylic acids is 3. The van der Waals surface area contributed by atoms with E-state index < -0.39 is 102 Å². The SMILES string of the molecule is C.C=CCOC(=O)CNCCNC(=O)OCC1c2ccccc2-c2ccccc21.CC#Cc1cn(CC(=O)N(CCNC(=O)OCC2c3ccccc3-c3ccccc32)CC(=O)O)c(=O)[nH]c1=O.CC#Cc1cn(CC(=O)O)c(=O)[nH]c1=O.O=C(O)Cn1cc(I)c(=O)[nH]c1=O.O=c1[nH]cc(I)c(=O)[nH]1. The fourth-order valence-corrected chi connectivity index (χ4v) is 10.7. The van der Waals surface area contributed by atoms with E-state index in [4.69, 9.17) is 24.4 Å². The third-order valence-electron chi connectivity index (χ3n) is 14.4. The van der Waals surface area contributed by atoms with Crippen LogP contribution in [-0.4, -0.2) is 160 Å². The summed E-state index contributed by atoms with van der Waals surface area (Å²) in [5, 5.41) is 34.2. The van der Waals surface area contributed by atoms with E-state index >= 15 is 0 Å². The summed E-state index contributed by atoms with van der Waals surface area (Å²) in [4.78, 5) is 181. The monoisotopic (exact) mass is 1670 g/mol. The molecule has 35 heteroatoms. The Morgan fingerprint density at radius 2 is 0.952 bits per heavy atom. The van der Waals surface area contributed by atoms with Crippen LogP contribution >= 0.6 is 45.2 Å². The van der Waals surface area contributed by atoms with Gasteiger partial charge in [-0.05, 0) is 104 Å². The second kappa shape index (κ2) is 41.6. The number of halogens is 2. The van der Waals surface area contributed by atoms with Gasteiger partial charge in [0, 0.05) is 62.8 Å². The maximum Gasteiger partial charge on any atom is 0.407 e. The van der Waals surface area contributed by atoms with Crippen LogP contribution in [0.1, 0.15) is 66.5 Å². The van der Waals surface area contributed by atoms with Crippen LogP contribution in [0, 0.1) is 30.8 Å². The Labute approximate surface area is 622 Å². The third-order valence-corrected chi connectivity index (χ3v) is 16.0. The number of carboxylic acid groups (broad SMARTS) is 3. The number of aliphatic carboxylic acids is 3. The number of esters is 1. The molecule has 8 aromatic rings. The van der Waals surface area contributed by atoms with Crippen LogP contribution < -0.4 is 60.9 Å². The van der Waals surface area contributed by atoms with E-state index in [0.717, 1.165) is 53.2 Å². The fourth-order valence-electron chi connectivity index (χ4n) is 9.93. The smallest absolute Gasteiger partial charge is 0.407 e. The number of carbonyl (C=O) groups excluding carboxylic acids is 4. The van der Waals surface area contributed by atoms with E-state index in [0.29, 0.717) is 16.7 Å². The zero-order valence-corrected chi connectivity index (χ0v) is 59.5. The standard InChI is InChI=1S/C28H26N4O7.C22H24N2O4.C9H8N2O4.C6H5IN2O4.C4H3IN2O2.CH4/c1-2-7-18-14-32(27(37)30-26(18)36)15-24(33)31(16-25(34)35)13-12-29-28(38)39-17-23-21-10-5-3-8-19(21)20-9-4-6-11-22(20)23;1-2-13-27-21(25)14-23-11-12-24-22(26)28-15-20-18-9-5-3-7-16(18)17-8-4-6-10-19(17)20;1-2-3-6-4-11(5-7(12)13)9(15)10-8(6)14;7-3-1-9(2-4(10)11)6(13)8-5(3)12;5-2-1-6-4(9)7-3(2)8;/h3-6,8-11,14,23H,12-13,15-17H2,1H3,(H,29,38)(H,34,35)(H,30,36,37);2-10,20,23H,1,11-15H2,(H,24,26);4H,5H2,1H3,(H,12,13)(H,10,14,15);1H,2H2,(H,10,11)(H,8,12,13);1H,(H2,6,7,8,9);1H4. The van der Waals surface area contributed by atoms with Gasteiger partial charge in [-0.25, -0.2) is 28.8 Å². The Bertz CT molecular complexity index is 5050. The minimum absolute atomic E-state index is 0. The molecule has 3 amide bonds. The van der Waals surface area contributed by atoms with Crippen LogP contribution in [0.3, 0.4) is 0 Å². The Hall–Kier alpha value is -12.2. The van der Waals surface area contributed by atoms with Crippen LogP contribution in [0.25, 0.3) is 22.3 Å². The van der Waals surface area contributed by atoms with Crippen LogP contribution in [0.2, 0.25) is 0 Å². The van der Waals surface area contributed by atoms with Crippen LogP contribution in [0.5, 0.6) is 0 Å². The summed E-state index contributed by atoms with van der Waals surface area (Å²) in [6.07, 6.45) is 5.17. The molecule has 105 heavy (non-hydrogen) atoms. The Morgan fingerprint density at radius 1 is 0.543 bits per heavy atom. The number of nitrogens with one attached hydrogen (secondary N) is 8. The number of hydrogen-bond donors (Lipinski definition) is 11. The molecule has 0 aliphatic heterocycles. The van der Waals surface area contributed by atoms with Crippen LogP contribution in [-0.2, 0) is 57.8 Å². The van der Waals surface area contributed by atoms with Gasteiger partial charge >= 0.3 is 58.8 Å². The number of fused-ring (bicyclic) bond motifs is 6. The summed E-state index contributed by atoms with van der Waals surface area (Å²) < 4.78 is 19.2. The molecule has 4 aromatic heterocycles. The van der Waals surface area contributed by atoms with Crippen molar-refractivity contribution in [3.8, 4) is 45.9 Å². The van der Waals surface area contributed by atoms with Gasteiger partial charge in [0.1, 0.15) is 57.1 Å². The Kier molecular flexibility index (Phi) is 33.1. The van der Waals surface area contributed by atoms with Gasteiger partial charge in [-0.3, -0.25) is 76.8 Å². The van der Waals surface area contributed by atoms with E-state index in [-0.39, 0.29) is 84.9 Å². The quantitative estimate of drug-likeness (QED) is 0.0116. The third kappa shape index (κ3) is 25.4. The van der Waals surface area contributed by atoms with Crippen molar-refractivity contribution in [2.24, 2.45) is 0 Å². The van der Waals surface area contributed by atoms with Crippen molar-refractivity contribution >= 4 is 87.2 Å². The number of benzene rings is 4. The van der Waals surface area contributed by atoms with Gasteiger partial charge in [0.2, 0.25) is 5.91 Å². The zero-order valence-electron chi connectivity index (χ0n) is 55.2. The lowest BCUT2D eigenvalue weighted by molar-refractivity contribution is -0.144. The van der Waals surface area contributed by atoms with E-state index in [1.807, 2.05) is 105 Å². The van der Waals surface area contributed by atoms with Crippen molar-refractivity contribution in [3.63, 3.8) is 0 Å². The predicted molar refractivity (Wildman–Crippen MR) is 399 cm³/mol. The minimum Gasteiger partial charge on any atom is -0.480 e. The molecule has 0 bridgehead atoms. The molecule has 0 saturated carbocycles. The van der Waals surface area contributed by atoms with Crippen molar-refractivity contribution in [1.82, 2.24) is 59.5 Å². The number of aromatic amines is 5. The van der Waals surface area contributed by atoms with Gasteiger partial charge < -0.3 is 55.4 Å². The lowest BCUT2D eigenvalue weighted by atomic mass is 9.98. The maximum absolute atomic E-state index is 12.8. The van der Waals surface area contributed by atoms with Gasteiger partial charge in [0.05, 0.1) is 13.7 Å². The number of aromatic nitrogens is 8. The number of alkyl carbamates (subject to hydrolysis) is 2. The Morgan fingerprint density at radius 3 is 1.36 bits per heavy atom. The lowest BCUT2D eigenvalue weighted by Crippen LogP contribution is -2.44. The second-order valence-corrected chi connectivity index (χ2v) is 23.9. The van der Waals surface area contributed by atoms with E-state index in [1.54, 1.807) is 22.6 Å². The number of ether oxygens (including phenoxy) is 3. The topological polar surface area (TPSA) is 478 Å². The van der Waals surface area contributed by atoms with Crippen LogP contribution in [0.4, 0.5) is 9.59 Å². The summed E-state index contributed by atoms with van der Waals surface area (Å²) in [6.45, 7) is 5.62. The molecule has 550 valence electrons. The molecule has 2 aliphatic carbocycles. The van der Waals surface area contributed by atoms with E-state index in [1.165, 1.54) is 54.6 Å². The summed E-state index contributed by atoms with van der Waals surface area (Å²) in [5.74, 6) is 5.33. The molecule has 0 fully saturated rings. The highest BCUT2D eigenvalue weighted by Crippen LogP contribution is 2.45. The highest BCUT2D eigenvalue weighted by molar-refractivity contribution is 14.1. The number of H-pyrrole nitrogens is 5. The lowest BCUT2D eigenvalue weighted by Gasteiger charge is -2.21. The first-order valence-corrected chi connectivity index (χ1v) is 33.0.